The lowest BCUT2D eigenvalue weighted by Gasteiger charge is -2.39. The fourth-order valence-corrected chi connectivity index (χ4v) is 3.83. The van der Waals surface area contributed by atoms with Gasteiger partial charge in [-0.3, -0.25) is 0 Å². The lowest BCUT2D eigenvalue weighted by Crippen LogP contribution is -2.60. The molecule has 1 aromatic carbocycles. The van der Waals surface area contributed by atoms with E-state index in [-0.39, 0.29) is 6.61 Å². The fourth-order valence-electron chi connectivity index (χ4n) is 3.83. The van der Waals surface area contributed by atoms with Gasteiger partial charge in [0.15, 0.2) is 17.8 Å². The lowest BCUT2D eigenvalue weighted by atomic mass is 9.96. The van der Waals surface area contributed by atoms with Crippen LogP contribution in [0.2, 0.25) is 0 Å². The van der Waals surface area contributed by atoms with Gasteiger partial charge < -0.3 is 39.3 Å². The molecule has 10 heteroatoms. The van der Waals surface area contributed by atoms with Crippen LogP contribution in [0.15, 0.2) is 31.1 Å². The smallest absolute Gasteiger partial charge is 0.315 e. The first-order chi connectivity index (χ1) is 14.1. The van der Waals surface area contributed by atoms with Gasteiger partial charge in [-0.25, -0.2) is 9.78 Å². The van der Waals surface area contributed by atoms with Crippen molar-refractivity contribution in [2.24, 2.45) is 0 Å². The monoisotopic (exact) mass is 404 g/mol. The van der Waals surface area contributed by atoms with Crippen LogP contribution in [-0.2, 0) is 9.47 Å². The van der Waals surface area contributed by atoms with Crippen molar-refractivity contribution in [1.82, 2.24) is 20.2 Å². The topological polar surface area (TPSA) is 116 Å². The van der Waals surface area contributed by atoms with E-state index in [1.54, 1.807) is 43.3 Å². The number of carbonyl (C=O) groups excluding carboxylic acids is 1. The van der Waals surface area contributed by atoms with Gasteiger partial charge in [0.2, 0.25) is 0 Å². The summed E-state index contributed by atoms with van der Waals surface area (Å²) in [5.41, 5.74) is 1.39. The summed E-state index contributed by atoms with van der Waals surface area (Å²) < 4.78 is 24.2. The zero-order chi connectivity index (χ0) is 20.5. The molecule has 156 valence electrons. The van der Waals surface area contributed by atoms with Crippen LogP contribution in [0.3, 0.4) is 0 Å². The number of nitrogens with one attached hydrogen (secondary N) is 2. The van der Waals surface area contributed by atoms with E-state index in [0.29, 0.717) is 23.6 Å². The summed E-state index contributed by atoms with van der Waals surface area (Å²) in [6.45, 7) is 4.16. The molecule has 0 unspecified atom stereocenters. The molecule has 2 fully saturated rings. The first-order valence-electron chi connectivity index (χ1n) is 9.26. The van der Waals surface area contributed by atoms with E-state index in [0.717, 1.165) is 5.52 Å². The minimum absolute atomic E-state index is 0.272. The molecule has 3 heterocycles. The molecule has 3 N–H and O–H groups in total. The Labute approximate surface area is 167 Å². The summed E-state index contributed by atoms with van der Waals surface area (Å²) in [7, 11) is 3.11. The number of hydrogen-bond acceptors (Lipinski definition) is 7. The van der Waals surface area contributed by atoms with Crippen LogP contribution in [0.4, 0.5) is 4.79 Å². The second kappa shape index (κ2) is 7.90. The fraction of sp³-hybridized carbons (Fsp3) is 0.474. The van der Waals surface area contributed by atoms with Gasteiger partial charge in [-0.15, -0.1) is 6.58 Å². The number of hydrogen-bond donors (Lipinski definition) is 3. The molecule has 2 bridgehead atoms. The molecule has 29 heavy (non-hydrogen) atoms. The molecule has 2 aliphatic heterocycles. The number of amides is 2. The van der Waals surface area contributed by atoms with Crippen molar-refractivity contribution in [3.63, 3.8) is 0 Å². The van der Waals surface area contributed by atoms with Gasteiger partial charge in [-0.1, -0.05) is 6.08 Å². The second-order valence-corrected chi connectivity index (χ2v) is 6.87. The average molecular weight is 404 g/mol. The number of carbonyl (C=O) groups is 1. The molecule has 0 spiro atoms. The van der Waals surface area contributed by atoms with Gasteiger partial charge in [0, 0.05) is 18.7 Å². The Balaban J connectivity index is 1.67. The molecule has 0 saturated carbocycles. The molecule has 0 radical (unpaired) electrons. The minimum Gasteiger partial charge on any atom is -0.493 e. The maximum atomic E-state index is 12.1. The maximum Gasteiger partial charge on any atom is 0.315 e. The Morgan fingerprint density at radius 1 is 1.41 bits per heavy atom. The number of ether oxygens (including phenoxy) is 4. The third kappa shape index (κ3) is 3.39. The highest BCUT2D eigenvalue weighted by molar-refractivity contribution is 5.80. The average Bonchev–Trinajstić information content (AvgIpc) is 3.34. The summed E-state index contributed by atoms with van der Waals surface area (Å²) in [4.78, 5) is 16.5. The second-order valence-electron chi connectivity index (χ2n) is 6.87. The number of fused-ring (bicyclic) bond motifs is 3. The van der Waals surface area contributed by atoms with E-state index < -0.39 is 36.6 Å². The number of benzene rings is 1. The van der Waals surface area contributed by atoms with Gasteiger partial charge in [0.05, 0.1) is 44.2 Å². The number of aromatic nitrogens is 2. The van der Waals surface area contributed by atoms with E-state index in [4.69, 9.17) is 18.9 Å². The van der Waals surface area contributed by atoms with Gasteiger partial charge >= 0.3 is 6.03 Å². The summed E-state index contributed by atoms with van der Waals surface area (Å²) in [6, 6.07) is 1.87. The molecule has 0 aliphatic carbocycles. The summed E-state index contributed by atoms with van der Waals surface area (Å²) in [6.07, 6.45) is 1.13. The Morgan fingerprint density at radius 3 is 2.90 bits per heavy atom. The number of aliphatic hydroxyl groups is 1. The molecular weight excluding hydrogens is 380 g/mol. The van der Waals surface area contributed by atoms with Crippen molar-refractivity contribution >= 4 is 17.1 Å². The van der Waals surface area contributed by atoms with Crippen molar-refractivity contribution in [1.29, 1.82) is 0 Å². The number of imidazole rings is 1. The molecule has 2 amide bonds. The first-order valence-corrected chi connectivity index (χ1v) is 9.26. The SMILES string of the molecule is C=CCNC(=O)N[C@H]1[C@H](O)[C@@H](n2cnc3cc(OC)c(OC)cc32)[C@@H]2OC[C@H]1O2. The molecule has 2 aliphatic rings. The van der Waals surface area contributed by atoms with Crippen LogP contribution < -0.4 is 20.1 Å². The van der Waals surface area contributed by atoms with E-state index in [9.17, 15) is 9.90 Å². The summed E-state index contributed by atoms with van der Waals surface area (Å²) in [5, 5.41) is 16.5. The Morgan fingerprint density at radius 2 is 2.17 bits per heavy atom. The van der Waals surface area contributed by atoms with Crippen LogP contribution in [0, 0.1) is 0 Å². The van der Waals surface area contributed by atoms with Gasteiger partial charge in [-0.2, -0.15) is 0 Å². The summed E-state index contributed by atoms with van der Waals surface area (Å²) >= 11 is 0. The van der Waals surface area contributed by atoms with Crippen LogP contribution in [0.1, 0.15) is 6.04 Å². The maximum absolute atomic E-state index is 12.1. The number of urea groups is 1. The highest BCUT2D eigenvalue weighted by atomic mass is 16.7. The van der Waals surface area contributed by atoms with E-state index in [1.165, 1.54) is 0 Å². The quantitative estimate of drug-likeness (QED) is 0.603. The van der Waals surface area contributed by atoms with E-state index in [1.807, 2.05) is 0 Å². The molecular formula is C19H24N4O6. The van der Waals surface area contributed by atoms with Crippen molar-refractivity contribution in [2.45, 2.75) is 30.6 Å². The van der Waals surface area contributed by atoms with Gasteiger partial charge in [-0.05, 0) is 0 Å². The molecule has 1 aromatic heterocycles. The Kier molecular flexibility index (Phi) is 5.31. The first kappa shape index (κ1) is 19.5. The molecule has 4 rings (SSSR count). The van der Waals surface area contributed by atoms with Crippen molar-refractivity contribution in [2.75, 3.05) is 27.4 Å². The molecule has 10 nitrogen and oxygen atoms in total. The van der Waals surface area contributed by atoms with Crippen LogP contribution in [0.5, 0.6) is 11.5 Å². The van der Waals surface area contributed by atoms with Crippen LogP contribution in [-0.4, -0.2) is 72.6 Å². The molecule has 2 aromatic rings. The van der Waals surface area contributed by atoms with E-state index in [2.05, 4.69) is 22.2 Å². The zero-order valence-corrected chi connectivity index (χ0v) is 16.2. The predicted octanol–water partition coefficient (Wildman–Crippen LogP) is 0.564. The standard InChI is InChI=1S/C19H24N4O6/c1-4-5-20-19(25)22-15-14-8-28-18(29-14)16(17(15)24)23-9-21-10-6-12(26-2)13(27-3)7-11(10)23/h4,6-7,9,14-18,24H,1,5,8H2,2-3H3,(H2,20,22,25)/t14-,15-,16-,17+,18-/m1/s1. The Bertz CT molecular complexity index is 915. The normalized spacial score (nSPS) is 28.2. The molecule has 5 atom stereocenters. The predicted molar refractivity (Wildman–Crippen MR) is 103 cm³/mol. The number of nitrogens with zero attached hydrogens (tertiary/aromatic N) is 2. The van der Waals surface area contributed by atoms with Crippen molar-refractivity contribution < 1.29 is 28.8 Å². The van der Waals surface area contributed by atoms with Crippen LogP contribution >= 0.6 is 0 Å². The number of methoxy groups -OCH3 is 2. The van der Waals surface area contributed by atoms with Gasteiger partial charge in [0.25, 0.3) is 0 Å². The largest absolute Gasteiger partial charge is 0.493 e. The minimum atomic E-state index is -0.957. The number of rotatable bonds is 6. The van der Waals surface area contributed by atoms with Crippen molar-refractivity contribution in [3.05, 3.63) is 31.1 Å². The van der Waals surface area contributed by atoms with Gasteiger partial charge in [0.1, 0.15) is 18.2 Å². The van der Waals surface area contributed by atoms with Crippen LogP contribution in [0.25, 0.3) is 11.0 Å². The Hall–Kier alpha value is -2.82. The van der Waals surface area contributed by atoms with E-state index >= 15 is 0 Å². The third-order valence-corrected chi connectivity index (χ3v) is 5.24. The highest BCUT2D eigenvalue weighted by Crippen LogP contribution is 2.39. The third-order valence-electron chi connectivity index (χ3n) is 5.24. The highest BCUT2D eigenvalue weighted by Gasteiger charge is 2.51. The zero-order valence-electron chi connectivity index (χ0n) is 16.2. The lowest BCUT2D eigenvalue weighted by molar-refractivity contribution is -0.162. The van der Waals surface area contributed by atoms with Crippen molar-refractivity contribution in [3.8, 4) is 11.5 Å². The summed E-state index contributed by atoms with van der Waals surface area (Å²) in [5.74, 6) is 1.10. The molecule has 2 saturated heterocycles. The number of aliphatic hydroxyl groups excluding tert-OH is 1.